The predicted molar refractivity (Wildman–Crippen MR) is 124 cm³/mol. The summed E-state index contributed by atoms with van der Waals surface area (Å²) in [6.45, 7) is 15.6. The molecular formula is C28H42O2. The van der Waals surface area contributed by atoms with Crippen LogP contribution in [-0.4, -0.2) is 16.5 Å². The maximum atomic E-state index is 12.0. The van der Waals surface area contributed by atoms with Crippen LogP contribution in [0.25, 0.3) is 0 Å². The fraction of sp³-hybridized carbons (Fsp3) is 0.750. The molecule has 0 spiro atoms. The Morgan fingerprint density at radius 2 is 1.97 bits per heavy atom. The summed E-state index contributed by atoms with van der Waals surface area (Å²) in [4.78, 5) is 12.0. The molecule has 4 aliphatic rings. The molecule has 2 saturated carbocycles. The topological polar surface area (TPSA) is 37.3 Å². The van der Waals surface area contributed by atoms with E-state index in [1.807, 2.05) is 6.08 Å². The van der Waals surface area contributed by atoms with E-state index in [1.165, 1.54) is 30.4 Å². The van der Waals surface area contributed by atoms with Gasteiger partial charge in [0.1, 0.15) is 0 Å². The van der Waals surface area contributed by atoms with Gasteiger partial charge in [-0.05, 0) is 104 Å². The predicted octanol–water partition coefficient (Wildman–Crippen LogP) is 6.65. The quantitative estimate of drug-likeness (QED) is 0.515. The molecule has 0 radical (unpaired) electrons. The molecule has 166 valence electrons. The van der Waals surface area contributed by atoms with Crippen LogP contribution in [-0.2, 0) is 4.79 Å². The van der Waals surface area contributed by atoms with Crippen LogP contribution in [0.4, 0.5) is 0 Å². The number of fused-ring (bicyclic) bond motifs is 5. The number of ketones is 1. The maximum absolute atomic E-state index is 12.0. The monoisotopic (exact) mass is 410 g/mol. The van der Waals surface area contributed by atoms with Crippen molar-refractivity contribution in [1.29, 1.82) is 0 Å². The number of hydrogen-bond donors (Lipinski definition) is 1. The van der Waals surface area contributed by atoms with Gasteiger partial charge in [-0.3, -0.25) is 4.79 Å². The van der Waals surface area contributed by atoms with E-state index in [4.69, 9.17) is 0 Å². The highest BCUT2D eigenvalue weighted by Crippen LogP contribution is 2.66. The molecule has 4 aliphatic carbocycles. The Hall–Kier alpha value is -1.15. The van der Waals surface area contributed by atoms with E-state index in [2.05, 4.69) is 53.3 Å². The summed E-state index contributed by atoms with van der Waals surface area (Å²) in [5.74, 6) is 3.03. The fourth-order valence-electron chi connectivity index (χ4n) is 7.90. The second kappa shape index (κ2) is 7.47. The Bertz CT molecular complexity index is 784. The van der Waals surface area contributed by atoms with Crippen LogP contribution >= 0.6 is 0 Å². The summed E-state index contributed by atoms with van der Waals surface area (Å²) in [6.07, 6.45) is 14.9. The first-order valence-electron chi connectivity index (χ1n) is 12.3. The summed E-state index contributed by atoms with van der Waals surface area (Å²) < 4.78 is 0. The maximum Gasteiger partial charge on any atom is 0.156 e. The van der Waals surface area contributed by atoms with Gasteiger partial charge in [-0.15, -0.1) is 0 Å². The second-order valence-electron chi connectivity index (χ2n) is 12.0. The highest BCUT2D eigenvalue weighted by molar-refractivity contribution is 5.92. The standard InChI is InChI=1S/C28H42O2/c1-18(2)19(3)11-16-28(6,30)25-10-9-23-22-8-7-20-17-21(29)12-14-26(20,4)24(22)13-15-27(23,25)5/h7-8,17-18,22-25,30H,3,9-16H2,1-2,4-6H3/t22-,23-,24-,25-,26-,27-,28-/m0/s1. The van der Waals surface area contributed by atoms with Gasteiger partial charge in [-0.25, -0.2) is 0 Å². The van der Waals surface area contributed by atoms with Gasteiger partial charge in [0.2, 0.25) is 0 Å². The first-order chi connectivity index (χ1) is 14.0. The third kappa shape index (κ3) is 3.38. The van der Waals surface area contributed by atoms with Crippen molar-refractivity contribution in [2.75, 3.05) is 0 Å². The Labute approximate surface area is 183 Å². The van der Waals surface area contributed by atoms with E-state index >= 15 is 0 Å². The van der Waals surface area contributed by atoms with Gasteiger partial charge < -0.3 is 5.11 Å². The average molecular weight is 411 g/mol. The van der Waals surface area contributed by atoms with Crippen molar-refractivity contribution in [2.45, 2.75) is 91.6 Å². The molecule has 0 amide bonds. The Morgan fingerprint density at radius 1 is 1.23 bits per heavy atom. The molecule has 2 fully saturated rings. The Kier molecular flexibility index (Phi) is 5.49. The van der Waals surface area contributed by atoms with E-state index in [-0.39, 0.29) is 10.8 Å². The third-order valence-electron chi connectivity index (χ3n) is 10.0. The van der Waals surface area contributed by atoms with Gasteiger partial charge in [0.05, 0.1) is 5.60 Å². The molecule has 0 bridgehead atoms. The number of carbonyl (C=O) groups is 1. The van der Waals surface area contributed by atoms with Crippen LogP contribution in [0.1, 0.15) is 86.0 Å². The Balaban J connectivity index is 1.57. The van der Waals surface area contributed by atoms with Gasteiger partial charge in [0.25, 0.3) is 0 Å². The molecule has 7 atom stereocenters. The van der Waals surface area contributed by atoms with E-state index in [0.717, 1.165) is 25.7 Å². The van der Waals surface area contributed by atoms with Gasteiger partial charge in [0.15, 0.2) is 5.78 Å². The van der Waals surface area contributed by atoms with Gasteiger partial charge in [-0.2, -0.15) is 0 Å². The lowest BCUT2D eigenvalue weighted by Crippen LogP contribution is -2.52. The van der Waals surface area contributed by atoms with Crippen LogP contribution in [0, 0.1) is 40.4 Å². The van der Waals surface area contributed by atoms with E-state index in [1.54, 1.807) is 0 Å². The first-order valence-corrected chi connectivity index (χ1v) is 12.3. The molecule has 0 aromatic rings. The molecule has 0 saturated heterocycles. The first kappa shape index (κ1) is 22.1. The van der Waals surface area contributed by atoms with E-state index in [0.29, 0.717) is 41.8 Å². The summed E-state index contributed by atoms with van der Waals surface area (Å²) >= 11 is 0. The number of rotatable bonds is 5. The molecule has 2 nitrogen and oxygen atoms in total. The van der Waals surface area contributed by atoms with Gasteiger partial charge in [0, 0.05) is 6.42 Å². The molecule has 4 rings (SSSR count). The number of hydrogen-bond acceptors (Lipinski definition) is 2. The third-order valence-corrected chi connectivity index (χ3v) is 10.0. The van der Waals surface area contributed by atoms with Crippen LogP contribution in [0.15, 0.2) is 36.0 Å². The summed E-state index contributed by atoms with van der Waals surface area (Å²) in [5.41, 5.74) is 2.27. The summed E-state index contributed by atoms with van der Waals surface area (Å²) in [7, 11) is 0. The lowest BCUT2D eigenvalue weighted by molar-refractivity contribution is -0.117. The van der Waals surface area contributed by atoms with Crippen molar-refractivity contribution in [2.24, 2.45) is 40.4 Å². The fourth-order valence-corrected chi connectivity index (χ4v) is 7.90. The summed E-state index contributed by atoms with van der Waals surface area (Å²) in [6, 6.07) is 0. The van der Waals surface area contributed by atoms with Gasteiger partial charge in [-0.1, -0.05) is 52.0 Å². The SMILES string of the molecule is C=C(CC[C@](C)(O)[C@H]1CC[C@H]2[C@@H]3C=CC4=CC(=O)CC[C@]4(C)[C@H]3CC[C@@]21C)C(C)C. The minimum Gasteiger partial charge on any atom is -0.390 e. The van der Waals surface area contributed by atoms with Crippen molar-refractivity contribution in [3.63, 3.8) is 0 Å². The second-order valence-corrected chi connectivity index (χ2v) is 12.0. The van der Waals surface area contributed by atoms with Crippen LogP contribution < -0.4 is 0 Å². The molecule has 0 heterocycles. The lowest BCUT2D eigenvalue weighted by atomic mass is 9.48. The zero-order chi connectivity index (χ0) is 21.9. The van der Waals surface area contributed by atoms with Crippen LogP contribution in [0.3, 0.4) is 0 Å². The molecule has 0 unspecified atom stereocenters. The van der Waals surface area contributed by atoms with Crippen LogP contribution in [0.5, 0.6) is 0 Å². The van der Waals surface area contributed by atoms with Crippen molar-refractivity contribution < 1.29 is 9.90 Å². The minimum absolute atomic E-state index is 0.157. The largest absolute Gasteiger partial charge is 0.390 e. The molecule has 0 aromatic carbocycles. The molecule has 30 heavy (non-hydrogen) atoms. The number of allylic oxidation sites excluding steroid dienone is 5. The number of aliphatic hydroxyl groups is 1. The van der Waals surface area contributed by atoms with Gasteiger partial charge >= 0.3 is 0 Å². The summed E-state index contributed by atoms with van der Waals surface area (Å²) in [5, 5.41) is 11.6. The normalized spacial score (nSPS) is 42.2. The molecule has 1 N–H and O–H groups in total. The zero-order valence-electron chi connectivity index (χ0n) is 19.8. The van der Waals surface area contributed by atoms with Crippen molar-refractivity contribution in [1.82, 2.24) is 0 Å². The average Bonchev–Trinajstić information content (AvgIpc) is 3.04. The molecule has 0 aliphatic heterocycles. The Morgan fingerprint density at radius 3 is 2.67 bits per heavy atom. The highest BCUT2D eigenvalue weighted by atomic mass is 16.3. The minimum atomic E-state index is -0.626. The van der Waals surface area contributed by atoms with E-state index < -0.39 is 5.60 Å². The lowest BCUT2D eigenvalue weighted by Gasteiger charge is -2.57. The van der Waals surface area contributed by atoms with E-state index in [9.17, 15) is 9.90 Å². The number of carbonyl (C=O) groups excluding carboxylic acids is 1. The molecular weight excluding hydrogens is 368 g/mol. The van der Waals surface area contributed by atoms with Crippen molar-refractivity contribution in [3.8, 4) is 0 Å². The molecule has 0 aromatic heterocycles. The smallest absolute Gasteiger partial charge is 0.156 e. The van der Waals surface area contributed by atoms with Crippen LogP contribution in [0.2, 0.25) is 0 Å². The zero-order valence-corrected chi connectivity index (χ0v) is 19.8. The van der Waals surface area contributed by atoms with Crippen molar-refractivity contribution in [3.05, 3.63) is 36.0 Å². The molecule has 2 heteroatoms. The van der Waals surface area contributed by atoms with Crippen molar-refractivity contribution >= 4 is 5.78 Å². The highest BCUT2D eigenvalue weighted by Gasteiger charge is 2.60.